The summed E-state index contributed by atoms with van der Waals surface area (Å²) in [7, 11) is 3.03. The highest BCUT2D eigenvalue weighted by Gasteiger charge is 2.24. The van der Waals surface area contributed by atoms with Crippen LogP contribution < -0.4 is 20.1 Å². The van der Waals surface area contributed by atoms with Crippen LogP contribution >= 0.6 is 0 Å². The van der Waals surface area contributed by atoms with Gasteiger partial charge >= 0.3 is 5.69 Å². The van der Waals surface area contributed by atoms with Gasteiger partial charge in [0.05, 0.1) is 24.8 Å². The van der Waals surface area contributed by atoms with Gasteiger partial charge in [-0.05, 0) is 23.8 Å². The number of ether oxygens (including phenoxy) is 2. The molecule has 0 radical (unpaired) electrons. The molecule has 0 spiro atoms. The van der Waals surface area contributed by atoms with Crippen molar-refractivity contribution in [1.82, 2.24) is 15.0 Å². The van der Waals surface area contributed by atoms with Crippen molar-refractivity contribution >= 4 is 23.0 Å². The molecule has 28 heavy (non-hydrogen) atoms. The van der Waals surface area contributed by atoms with E-state index in [2.05, 4.69) is 25.6 Å². The van der Waals surface area contributed by atoms with Crippen molar-refractivity contribution in [2.45, 2.75) is 6.54 Å². The second kappa shape index (κ2) is 8.62. The minimum Gasteiger partial charge on any atom is -0.497 e. The first-order chi connectivity index (χ1) is 13.6. The maximum absolute atomic E-state index is 11.7. The molecule has 0 aliphatic rings. The normalized spacial score (nSPS) is 10.2. The zero-order valence-electron chi connectivity index (χ0n) is 15.2. The predicted molar refractivity (Wildman–Crippen MR) is 103 cm³/mol. The lowest BCUT2D eigenvalue weighted by Gasteiger charge is -2.13. The number of hydrogen-bond donors (Lipinski definition) is 2. The van der Waals surface area contributed by atoms with Gasteiger partial charge in [0.2, 0.25) is 11.6 Å². The minimum atomic E-state index is -0.541. The van der Waals surface area contributed by atoms with Gasteiger partial charge in [-0.3, -0.25) is 15.1 Å². The van der Waals surface area contributed by atoms with Crippen LogP contribution in [0.15, 0.2) is 49.1 Å². The molecular weight excluding hydrogens is 364 g/mol. The van der Waals surface area contributed by atoms with Gasteiger partial charge in [-0.2, -0.15) is 0 Å². The number of nitrogens with one attached hydrogen (secondary N) is 2. The molecule has 2 N–H and O–H groups in total. The topological polar surface area (TPSA) is 124 Å². The Hall–Kier alpha value is -3.95. The summed E-state index contributed by atoms with van der Waals surface area (Å²) in [6, 6.07) is 8.71. The highest BCUT2D eigenvalue weighted by Crippen LogP contribution is 2.36. The molecule has 3 aromatic rings. The van der Waals surface area contributed by atoms with Crippen LogP contribution in [0.4, 0.5) is 23.0 Å². The van der Waals surface area contributed by atoms with Crippen molar-refractivity contribution in [3.05, 3.63) is 64.7 Å². The van der Waals surface area contributed by atoms with Gasteiger partial charge in [0.1, 0.15) is 17.8 Å². The first-order valence-corrected chi connectivity index (χ1v) is 8.23. The van der Waals surface area contributed by atoms with Gasteiger partial charge < -0.3 is 20.1 Å². The van der Waals surface area contributed by atoms with E-state index in [1.807, 2.05) is 6.07 Å². The van der Waals surface area contributed by atoms with Crippen LogP contribution in [0.2, 0.25) is 0 Å². The standard InChI is InChI=1S/C18H18N6O4/c1-27-13-5-6-15(28-2)14(8-13)23-18-16(24(25)26)17(21-11-22-18)20-10-12-4-3-7-19-9-12/h3-9,11H,10H2,1-2H3,(H2,20,21,22,23). The highest BCUT2D eigenvalue weighted by atomic mass is 16.6. The largest absolute Gasteiger partial charge is 0.497 e. The van der Waals surface area contributed by atoms with Gasteiger partial charge in [0.15, 0.2) is 0 Å². The molecule has 1 aromatic carbocycles. The molecule has 0 aliphatic carbocycles. The van der Waals surface area contributed by atoms with Crippen molar-refractivity contribution in [2.24, 2.45) is 0 Å². The summed E-state index contributed by atoms with van der Waals surface area (Å²) in [4.78, 5) is 23.2. The fourth-order valence-electron chi connectivity index (χ4n) is 2.50. The monoisotopic (exact) mass is 382 g/mol. The van der Waals surface area contributed by atoms with Crippen LogP contribution in [-0.4, -0.2) is 34.1 Å². The molecule has 2 aromatic heterocycles. The maximum atomic E-state index is 11.7. The smallest absolute Gasteiger partial charge is 0.353 e. The van der Waals surface area contributed by atoms with E-state index in [0.717, 1.165) is 5.56 Å². The Morgan fingerprint density at radius 3 is 2.64 bits per heavy atom. The second-order valence-electron chi connectivity index (χ2n) is 5.58. The van der Waals surface area contributed by atoms with E-state index in [4.69, 9.17) is 9.47 Å². The number of hydrogen-bond acceptors (Lipinski definition) is 9. The molecule has 0 amide bonds. The Bertz CT molecular complexity index is 968. The van der Waals surface area contributed by atoms with E-state index in [-0.39, 0.29) is 17.3 Å². The van der Waals surface area contributed by atoms with Crippen LogP contribution in [0, 0.1) is 10.1 Å². The number of aromatic nitrogens is 3. The van der Waals surface area contributed by atoms with Crippen molar-refractivity contribution in [2.75, 3.05) is 24.9 Å². The van der Waals surface area contributed by atoms with Crippen LogP contribution in [0.1, 0.15) is 5.56 Å². The molecule has 10 heteroatoms. The molecule has 144 valence electrons. The van der Waals surface area contributed by atoms with Crippen molar-refractivity contribution in [1.29, 1.82) is 0 Å². The van der Waals surface area contributed by atoms with Gasteiger partial charge in [0.25, 0.3) is 0 Å². The van der Waals surface area contributed by atoms with E-state index in [9.17, 15) is 10.1 Å². The fourth-order valence-corrected chi connectivity index (χ4v) is 2.50. The number of pyridine rings is 1. The lowest BCUT2D eigenvalue weighted by molar-refractivity contribution is -0.383. The number of nitro groups is 1. The molecule has 0 fully saturated rings. The quantitative estimate of drug-likeness (QED) is 0.446. The van der Waals surface area contributed by atoms with Crippen molar-refractivity contribution in [3.63, 3.8) is 0 Å². The number of nitrogens with zero attached hydrogens (tertiary/aromatic N) is 4. The zero-order chi connectivity index (χ0) is 19.9. The lowest BCUT2D eigenvalue weighted by atomic mass is 10.2. The molecule has 0 bridgehead atoms. The molecule has 0 saturated carbocycles. The van der Waals surface area contributed by atoms with Gasteiger partial charge in [-0.1, -0.05) is 6.07 Å². The van der Waals surface area contributed by atoms with Crippen molar-refractivity contribution < 1.29 is 14.4 Å². The Balaban J connectivity index is 1.92. The number of rotatable bonds is 8. The molecule has 2 heterocycles. The number of benzene rings is 1. The maximum Gasteiger partial charge on any atom is 0.353 e. The van der Waals surface area contributed by atoms with E-state index >= 15 is 0 Å². The van der Waals surface area contributed by atoms with Gasteiger partial charge in [-0.25, -0.2) is 9.97 Å². The summed E-state index contributed by atoms with van der Waals surface area (Å²) in [5, 5.41) is 17.6. The first kappa shape index (κ1) is 18.8. The van der Waals surface area contributed by atoms with Gasteiger partial charge in [-0.15, -0.1) is 0 Å². The molecule has 10 nitrogen and oxygen atoms in total. The fraction of sp³-hybridized carbons (Fsp3) is 0.167. The predicted octanol–water partition coefficient (Wildman–Crippen LogP) is 3.15. The van der Waals surface area contributed by atoms with E-state index in [1.54, 1.807) is 36.7 Å². The minimum absolute atomic E-state index is 0.0280. The third-order valence-corrected chi connectivity index (χ3v) is 3.85. The summed E-state index contributed by atoms with van der Waals surface area (Å²) in [6.07, 6.45) is 4.56. The first-order valence-electron chi connectivity index (χ1n) is 8.23. The molecule has 0 saturated heterocycles. The molecule has 3 rings (SSSR count). The zero-order valence-corrected chi connectivity index (χ0v) is 15.2. The molecule has 0 aliphatic heterocycles. The summed E-state index contributed by atoms with van der Waals surface area (Å²) >= 11 is 0. The summed E-state index contributed by atoms with van der Waals surface area (Å²) in [6.45, 7) is 0.327. The third-order valence-electron chi connectivity index (χ3n) is 3.85. The van der Waals surface area contributed by atoms with E-state index in [0.29, 0.717) is 23.7 Å². The average molecular weight is 382 g/mol. The lowest BCUT2D eigenvalue weighted by Crippen LogP contribution is -2.08. The number of methoxy groups -OCH3 is 2. The summed E-state index contributed by atoms with van der Waals surface area (Å²) < 4.78 is 10.5. The average Bonchev–Trinajstić information content (AvgIpc) is 2.72. The van der Waals surface area contributed by atoms with Crippen molar-refractivity contribution in [3.8, 4) is 11.5 Å². The molecular formula is C18H18N6O4. The molecule has 0 atom stereocenters. The van der Waals surface area contributed by atoms with Gasteiger partial charge in [0, 0.05) is 25.0 Å². The second-order valence-corrected chi connectivity index (χ2v) is 5.58. The summed E-state index contributed by atoms with van der Waals surface area (Å²) in [5.41, 5.74) is 1.05. The number of anilines is 3. The Kier molecular flexibility index (Phi) is 5.80. The third kappa shape index (κ3) is 4.23. The Morgan fingerprint density at radius 1 is 1.14 bits per heavy atom. The van der Waals surface area contributed by atoms with Crippen LogP contribution in [0.3, 0.4) is 0 Å². The SMILES string of the molecule is COc1ccc(OC)c(Nc2ncnc(NCc3cccnc3)c2[N+](=O)[O-])c1. The Labute approximate surface area is 160 Å². The van der Waals surface area contributed by atoms with E-state index in [1.165, 1.54) is 20.5 Å². The Morgan fingerprint density at radius 2 is 1.96 bits per heavy atom. The highest BCUT2D eigenvalue weighted by molar-refractivity contribution is 5.76. The van der Waals surface area contributed by atoms with Crippen LogP contribution in [-0.2, 0) is 6.54 Å². The summed E-state index contributed by atoms with van der Waals surface area (Å²) in [5.74, 6) is 1.17. The molecule has 0 unspecified atom stereocenters. The van der Waals surface area contributed by atoms with Crippen LogP contribution in [0.25, 0.3) is 0 Å². The van der Waals surface area contributed by atoms with Crippen LogP contribution in [0.5, 0.6) is 11.5 Å². The van der Waals surface area contributed by atoms with E-state index < -0.39 is 4.92 Å².